The Labute approximate surface area is 180 Å². The lowest BCUT2D eigenvalue weighted by atomic mass is 10.2. The van der Waals surface area contributed by atoms with Gasteiger partial charge in [-0.1, -0.05) is 36.0 Å². The van der Waals surface area contributed by atoms with Crippen molar-refractivity contribution < 1.29 is 4.74 Å². The lowest BCUT2D eigenvalue weighted by Gasteiger charge is -2.09. The van der Waals surface area contributed by atoms with Gasteiger partial charge in [0.25, 0.3) is 0 Å². The van der Waals surface area contributed by atoms with Gasteiger partial charge in [0.05, 0.1) is 27.9 Å². The van der Waals surface area contributed by atoms with Crippen molar-refractivity contribution in [3.05, 3.63) is 52.6 Å². The van der Waals surface area contributed by atoms with Crippen LogP contribution in [0, 0.1) is 0 Å². The molecule has 150 valence electrons. The molecule has 0 aliphatic carbocycles. The first-order valence-electron chi connectivity index (χ1n) is 9.44. The Balaban J connectivity index is 1.47. The Hall–Kier alpha value is -1.53. The molecule has 3 N–H and O–H groups in total. The van der Waals surface area contributed by atoms with E-state index in [9.17, 15) is 0 Å². The van der Waals surface area contributed by atoms with Crippen molar-refractivity contribution in [3.8, 4) is 5.75 Å². The minimum atomic E-state index is 0.622. The number of benzene rings is 2. The van der Waals surface area contributed by atoms with Crippen LogP contribution in [0.3, 0.4) is 0 Å². The Morgan fingerprint density at radius 1 is 0.964 bits per heavy atom. The zero-order chi connectivity index (χ0) is 19.8. The average molecular weight is 438 g/mol. The third-order valence-electron chi connectivity index (χ3n) is 4.43. The predicted molar refractivity (Wildman–Crippen MR) is 122 cm³/mol. The number of aromatic amines is 1. The molecule has 7 heteroatoms. The molecule has 3 rings (SSSR count). The van der Waals surface area contributed by atoms with Gasteiger partial charge in [-0.05, 0) is 74.8 Å². The summed E-state index contributed by atoms with van der Waals surface area (Å²) in [7, 11) is 1.99. The maximum atomic E-state index is 6.24. The molecule has 0 amide bonds. The van der Waals surface area contributed by atoms with E-state index >= 15 is 0 Å². The molecule has 1 aromatic heterocycles. The summed E-state index contributed by atoms with van der Waals surface area (Å²) < 4.78 is 9.19. The van der Waals surface area contributed by atoms with Gasteiger partial charge in [0, 0.05) is 16.5 Å². The monoisotopic (exact) mass is 437 g/mol. The van der Waals surface area contributed by atoms with Crippen molar-refractivity contribution in [1.29, 1.82) is 0 Å². The van der Waals surface area contributed by atoms with Crippen LogP contribution in [-0.4, -0.2) is 25.2 Å². The highest BCUT2D eigenvalue weighted by molar-refractivity contribution is 8.00. The Bertz CT molecular complexity index is 883. The molecule has 0 unspecified atom stereocenters. The number of aromatic nitrogens is 1. The van der Waals surface area contributed by atoms with Gasteiger partial charge < -0.3 is 19.8 Å². The number of rotatable bonds is 11. The number of nitrogens with one attached hydrogen (secondary N) is 3. The quantitative estimate of drug-likeness (QED) is 0.229. The lowest BCUT2D eigenvalue weighted by molar-refractivity contribution is 0.304. The maximum absolute atomic E-state index is 6.24. The lowest BCUT2D eigenvalue weighted by Crippen LogP contribution is -2.07. The first-order chi connectivity index (χ1) is 13.7. The van der Waals surface area contributed by atoms with Gasteiger partial charge in [0.1, 0.15) is 5.75 Å². The number of halogens is 2. The molecule has 0 saturated heterocycles. The van der Waals surface area contributed by atoms with Crippen LogP contribution in [0.15, 0.2) is 47.5 Å². The van der Waals surface area contributed by atoms with Gasteiger partial charge in [0.15, 0.2) is 0 Å². The SMILES string of the molecule is CNCCCCCCOc1ccc(SNc2ccc(Cl)c3c(Cl)c[nH]c23)cc1. The van der Waals surface area contributed by atoms with E-state index in [2.05, 4.69) is 27.2 Å². The van der Waals surface area contributed by atoms with Crippen molar-refractivity contribution in [3.63, 3.8) is 0 Å². The molecule has 28 heavy (non-hydrogen) atoms. The summed E-state index contributed by atoms with van der Waals surface area (Å²) >= 11 is 14.0. The van der Waals surface area contributed by atoms with Crippen molar-refractivity contribution in [1.82, 2.24) is 10.3 Å². The molecule has 3 aromatic rings. The fourth-order valence-corrected chi connectivity index (χ4v) is 4.15. The zero-order valence-electron chi connectivity index (χ0n) is 15.9. The van der Waals surface area contributed by atoms with Crippen LogP contribution in [0.25, 0.3) is 10.9 Å². The minimum Gasteiger partial charge on any atom is -0.494 e. The molecule has 0 aliphatic heterocycles. The van der Waals surface area contributed by atoms with E-state index in [1.165, 1.54) is 31.2 Å². The van der Waals surface area contributed by atoms with Crippen LogP contribution < -0.4 is 14.8 Å². The van der Waals surface area contributed by atoms with Gasteiger partial charge in [0.2, 0.25) is 0 Å². The number of fused-ring (bicyclic) bond motifs is 1. The van der Waals surface area contributed by atoms with Crippen molar-refractivity contribution >= 4 is 51.7 Å². The van der Waals surface area contributed by atoms with Gasteiger partial charge in [-0.3, -0.25) is 0 Å². The Morgan fingerprint density at radius 3 is 2.54 bits per heavy atom. The van der Waals surface area contributed by atoms with Gasteiger partial charge in [-0.25, -0.2) is 0 Å². The molecule has 2 aromatic carbocycles. The number of H-pyrrole nitrogens is 1. The average Bonchev–Trinajstić information content (AvgIpc) is 3.10. The van der Waals surface area contributed by atoms with Crippen molar-refractivity contribution in [2.24, 2.45) is 0 Å². The molecule has 0 bridgehead atoms. The molecule has 0 atom stereocenters. The van der Waals surface area contributed by atoms with Gasteiger partial charge in [-0.15, -0.1) is 0 Å². The smallest absolute Gasteiger partial charge is 0.119 e. The van der Waals surface area contributed by atoms with E-state index in [0.29, 0.717) is 10.0 Å². The molecule has 0 fully saturated rings. The van der Waals surface area contributed by atoms with Crippen LogP contribution in [0.4, 0.5) is 5.69 Å². The Morgan fingerprint density at radius 2 is 1.75 bits per heavy atom. The van der Waals surface area contributed by atoms with Crippen LogP contribution in [0.1, 0.15) is 25.7 Å². The highest BCUT2D eigenvalue weighted by atomic mass is 35.5. The molecule has 0 radical (unpaired) electrons. The highest BCUT2D eigenvalue weighted by Gasteiger charge is 2.10. The fraction of sp³-hybridized carbons (Fsp3) is 0.333. The van der Waals surface area contributed by atoms with E-state index < -0.39 is 0 Å². The summed E-state index contributed by atoms with van der Waals surface area (Å²) in [5.41, 5.74) is 1.84. The van der Waals surface area contributed by atoms with Gasteiger partial charge in [-0.2, -0.15) is 0 Å². The molecule has 0 aliphatic rings. The number of hydrogen-bond acceptors (Lipinski definition) is 4. The van der Waals surface area contributed by atoms with Crippen LogP contribution in [0.2, 0.25) is 10.0 Å². The third-order valence-corrected chi connectivity index (χ3v) is 5.87. The number of hydrogen-bond donors (Lipinski definition) is 3. The second kappa shape index (κ2) is 10.9. The van der Waals surface area contributed by atoms with E-state index in [0.717, 1.165) is 46.8 Å². The summed E-state index contributed by atoms with van der Waals surface area (Å²) in [4.78, 5) is 4.27. The van der Waals surface area contributed by atoms with E-state index in [1.807, 2.05) is 31.3 Å². The fourth-order valence-electron chi connectivity index (χ4n) is 2.92. The summed E-state index contributed by atoms with van der Waals surface area (Å²) in [6, 6.07) is 11.9. The normalized spacial score (nSPS) is 11.1. The highest BCUT2D eigenvalue weighted by Crippen LogP contribution is 2.36. The van der Waals surface area contributed by atoms with Crippen LogP contribution in [0.5, 0.6) is 5.75 Å². The van der Waals surface area contributed by atoms with Crippen LogP contribution >= 0.6 is 35.1 Å². The van der Waals surface area contributed by atoms with Crippen molar-refractivity contribution in [2.75, 3.05) is 24.9 Å². The summed E-state index contributed by atoms with van der Waals surface area (Å²) in [6.07, 6.45) is 6.52. The largest absolute Gasteiger partial charge is 0.494 e. The maximum Gasteiger partial charge on any atom is 0.119 e. The number of anilines is 1. The van der Waals surface area contributed by atoms with Crippen molar-refractivity contribution in [2.45, 2.75) is 30.6 Å². The first-order valence-corrected chi connectivity index (χ1v) is 11.0. The Kier molecular flexibility index (Phi) is 8.22. The summed E-state index contributed by atoms with van der Waals surface area (Å²) in [5.74, 6) is 0.907. The molecule has 1 heterocycles. The van der Waals surface area contributed by atoms with E-state index in [4.69, 9.17) is 27.9 Å². The number of ether oxygens (including phenoxy) is 1. The second-order valence-corrected chi connectivity index (χ2v) is 8.22. The molecule has 0 saturated carbocycles. The molecular formula is C21H25Cl2N3OS. The molecule has 0 spiro atoms. The zero-order valence-corrected chi connectivity index (χ0v) is 18.2. The third kappa shape index (κ3) is 5.74. The van der Waals surface area contributed by atoms with Gasteiger partial charge >= 0.3 is 0 Å². The number of unbranched alkanes of at least 4 members (excludes halogenated alkanes) is 3. The predicted octanol–water partition coefficient (Wildman–Crippen LogP) is 6.75. The standard InChI is InChI=1S/C21H25Cl2N3OS/c1-24-12-4-2-3-5-13-27-15-6-8-16(9-7-15)28-26-19-11-10-17(22)20-18(23)14-25-21(19)20/h6-11,14,24-26H,2-5,12-13H2,1H3. The second-order valence-electron chi connectivity index (χ2n) is 6.52. The van der Waals surface area contributed by atoms with Crippen LogP contribution in [-0.2, 0) is 0 Å². The van der Waals surface area contributed by atoms with E-state index in [1.54, 1.807) is 6.20 Å². The minimum absolute atomic E-state index is 0.622. The summed E-state index contributed by atoms with van der Waals surface area (Å²) in [5, 5.41) is 5.27. The molecule has 4 nitrogen and oxygen atoms in total. The topological polar surface area (TPSA) is 49.1 Å². The molecular weight excluding hydrogens is 413 g/mol. The van der Waals surface area contributed by atoms with E-state index in [-0.39, 0.29) is 0 Å². The summed E-state index contributed by atoms with van der Waals surface area (Å²) in [6.45, 7) is 1.85. The first kappa shape index (κ1) is 21.2.